The van der Waals surface area contributed by atoms with Gasteiger partial charge in [-0.1, -0.05) is 30.3 Å². The Morgan fingerprint density at radius 2 is 1.73 bits per heavy atom. The second-order valence-corrected chi connectivity index (χ2v) is 8.52. The molecule has 3 aromatic rings. The minimum atomic E-state index is -4.39. The first-order chi connectivity index (χ1) is 15.8. The molecule has 0 bridgehead atoms. The number of aryl methyl sites for hydroxylation is 1. The fourth-order valence-electron chi connectivity index (χ4n) is 4.27. The molecule has 7 heteroatoms. The molecule has 1 N–H and O–H groups in total. The number of hydrogen-bond donors (Lipinski definition) is 1. The van der Waals surface area contributed by atoms with Crippen LogP contribution in [0.5, 0.6) is 0 Å². The lowest BCUT2D eigenvalue weighted by Gasteiger charge is -2.32. The van der Waals surface area contributed by atoms with Gasteiger partial charge in [-0.3, -0.25) is 9.69 Å². The Balaban J connectivity index is 1.39. The number of hydrogen-bond acceptors (Lipinski definition) is 2. The Kier molecular flexibility index (Phi) is 6.79. The number of benzene rings is 2. The number of nitrogens with zero attached hydrogens (tertiary/aromatic N) is 2. The highest BCUT2D eigenvalue weighted by atomic mass is 19.4. The molecular formula is C26H27F3N3O+. The number of pyridine rings is 1. The standard InChI is InChI=1S/C26H26F3N3O/c1-31-14-4-5-19(17-31)18-32-15-12-22(13-16-32)30-25(33)24-7-3-2-6-23(24)20-8-10-21(11-9-20)26(27,28)29/h2-11,14,17,22H,12-13,15-16,18H2,1H3/p+1. The second-order valence-electron chi connectivity index (χ2n) is 8.52. The lowest BCUT2D eigenvalue weighted by atomic mass is 9.97. The summed E-state index contributed by atoms with van der Waals surface area (Å²) in [7, 11) is 2.01. The number of carbonyl (C=O) groups is 1. The minimum Gasteiger partial charge on any atom is -0.349 e. The number of nitrogens with one attached hydrogen (secondary N) is 1. The molecule has 1 aliphatic heterocycles. The first kappa shape index (κ1) is 23.0. The summed E-state index contributed by atoms with van der Waals surface area (Å²) in [4.78, 5) is 15.4. The first-order valence-corrected chi connectivity index (χ1v) is 11.0. The molecule has 1 amide bonds. The summed E-state index contributed by atoms with van der Waals surface area (Å²) in [6.45, 7) is 2.67. The van der Waals surface area contributed by atoms with Crippen molar-refractivity contribution in [1.29, 1.82) is 0 Å². The van der Waals surface area contributed by atoms with E-state index in [1.165, 1.54) is 17.7 Å². The average molecular weight is 455 g/mol. The smallest absolute Gasteiger partial charge is 0.349 e. The van der Waals surface area contributed by atoms with E-state index in [0.717, 1.165) is 44.6 Å². The highest BCUT2D eigenvalue weighted by molar-refractivity contribution is 6.01. The molecule has 0 aliphatic carbocycles. The van der Waals surface area contributed by atoms with Gasteiger partial charge in [-0.25, -0.2) is 4.57 Å². The molecule has 33 heavy (non-hydrogen) atoms. The Morgan fingerprint density at radius 3 is 2.39 bits per heavy atom. The Hall–Kier alpha value is -3.19. The van der Waals surface area contributed by atoms with Crippen LogP contribution in [0.25, 0.3) is 11.1 Å². The Morgan fingerprint density at radius 1 is 1.03 bits per heavy atom. The van der Waals surface area contributed by atoms with Crippen LogP contribution >= 0.6 is 0 Å². The zero-order valence-electron chi connectivity index (χ0n) is 18.5. The van der Waals surface area contributed by atoms with Crippen molar-refractivity contribution in [2.24, 2.45) is 7.05 Å². The molecule has 172 valence electrons. The zero-order valence-corrected chi connectivity index (χ0v) is 18.5. The van der Waals surface area contributed by atoms with E-state index in [1.54, 1.807) is 24.3 Å². The van der Waals surface area contributed by atoms with Crippen molar-refractivity contribution >= 4 is 5.91 Å². The van der Waals surface area contributed by atoms with Crippen LogP contribution in [-0.2, 0) is 19.8 Å². The number of likely N-dealkylation sites (tertiary alicyclic amines) is 1. The van der Waals surface area contributed by atoms with Crippen molar-refractivity contribution in [2.45, 2.75) is 31.6 Å². The minimum absolute atomic E-state index is 0.0706. The molecule has 1 aromatic heterocycles. The molecule has 2 aromatic carbocycles. The molecule has 0 spiro atoms. The van der Waals surface area contributed by atoms with Gasteiger partial charge in [-0.2, -0.15) is 13.2 Å². The molecule has 1 saturated heterocycles. The maximum Gasteiger partial charge on any atom is 0.416 e. The van der Waals surface area contributed by atoms with Gasteiger partial charge in [-0.05, 0) is 48.2 Å². The third-order valence-corrected chi connectivity index (χ3v) is 6.02. The second kappa shape index (κ2) is 9.75. The Labute approximate surface area is 191 Å². The summed E-state index contributed by atoms with van der Waals surface area (Å²) >= 11 is 0. The van der Waals surface area contributed by atoms with Crippen LogP contribution in [0.3, 0.4) is 0 Å². The molecule has 1 fully saturated rings. The first-order valence-electron chi connectivity index (χ1n) is 11.0. The molecular weight excluding hydrogens is 427 g/mol. The number of aromatic nitrogens is 1. The fourth-order valence-corrected chi connectivity index (χ4v) is 4.27. The van der Waals surface area contributed by atoms with Gasteiger partial charge < -0.3 is 5.32 Å². The van der Waals surface area contributed by atoms with Gasteiger partial charge in [0.1, 0.15) is 7.05 Å². The molecule has 1 aliphatic rings. The molecule has 0 saturated carbocycles. The van der Waals surface area contributed by atoms with Crippen molar-refractivity contribution < 1.29 is 22.5 Å². The van der Waals surface area contributed by atoms with Crippen molar-refractivity contribution in [1.82, 2.24) is 10.2 Å². The normalized spacial score (nSPS) is 15.4. The number of halogens is 3. The molecule has 0 unspecified atom stereocenters. The van der Waals surface area contributed by atoms with E-state index in [9.17, 15) is 18.0 Å². The summed E-state index contributed by atoms with van der Waals surface area (Å²) in [6.07, 6.45) is 1.45. The van der Waals surface area contributed by atoms with E-state index in [0.29, 0.717) is 16.7 Å². The summed E-state index contributed by atoms with van der Waals surface area (Å²) in [5.41, 5.74) is 2.23. The van der Waals surface area contributed by atoms with Crippen LogP contribution in [-0.4, -0.2) is 29.9 Å². The number of rotatable bonds is 5. The number of carbonyl (C=O) groups excluding carboxylic acids is 1. The molecule has 4 nitrogen and oxygen atoms in total. The Bertz CT molecular complexity index is 1100. The van der Waals surface area contributed by atoms with Gasteiger partial charge in [-0.15, -0.1) is 0 Å². The lowest BCUT2D eigenvalue weighted by molar-refractivity contribution is -0.672. The quantitative estimate of drug-likeness (QED) is 0.573. The third-order valence-electron chi connectivity index (χ3n) is 6.02. The monoisotopic (exact) mass is 454 g/mol. The van der Waals surface area contributed by atoms with E-state index >= 15 is 0 Å². The van der Waals surface area contributed by atoms with Crippen LogP contribution in [0.1, 0.15) is 34.3 Å². The predicted octanol–water partition coefficient (Wildman–Crippen LogP) is 4.59. The van der Waals surface area contributed by atoms with Crippen LogP contribution in [0, 0.1) is 0 Å². The van der Waals surface area contributed by atoms with Gasteiger partial charge in [0.15, 0.2) is 12.4 Å². The van der Waals surface area contributed by atoms with Crippen molar-refractivity contribution in [3.05, 3.63) is 89.7 Å². The fraction of sp³-hybridized carbons (Fsp3) is 0.308. The summed E-state index contributed by atoms with van der Waals surface area (Å²) < 4.78 is 40.7. The lowest BCUT2D eigenvalue weighted by Crippen LogP contribution is -2.44. The van der Waals surface area contributed by atoms with E-state index in [-0.39, 0.29) is 11.9 Å². The van der Waals surface area contributed by atoms with Gasteiger partial charge in [0.25, 0.3) is 5.91 Å². The highest BCUT2D eigenvalue weighted by Crippen LogP contribution is 2.32. The van der Waals surface area contributed by atoms with Crippen molar-refractivity contribution in [3.8, 4) is 11.1 Å². The molecule has 0 radical (unpaired) electrons. The van der Waals surface area contributed by atoms with Gasteiger partial charge >= 0.3 is 6.18 Å². The summed E-state index contributed by atoms with van der Waals surface area (Å²) in [5, 5.41) is 3.12. The van der Waals surface area contributed by atoms with Crippen molar-refractivity contribution in [2.75, 3.05) is 13.1 Å². The molecule has 4 rings (SSSR count). The van der Waals surface area contributed by atoms with Gasteiger partial charge in [0.2, 0.25) is 0 Å². The zero-order chi connectivity index (χ0) is 23.4. The van der Waals surface area contributed by atoms with E-state index in [2.05, 4.69) is 22.5 Å². The third kappa shape index (κ3) is 5.79. The van der Waals surface area contributed by atoms with Crippen LogP contribution in [0.4, 0.5) is 13.2 Å². The largest absolute Gasteiger partial charge is 0.416 e. The van der Waals surface area contributed by atoms with E-state index < -0.39 is 11.7 Å². The predicted molar refractivity (Wildman–Crippen MR) is 120 cm³/mol. The highest BCUT2D eigenvalue weighted by Gasteiger charge is 2.30. The molecule has 0 atom stereocenters. The van der Waals surface area contributed by atoms with Gasteiger partial charge in [0, 0.05) is 42.9 Å². The summed E-state index contributed by atoms with van der Waals surface area (Å²) in [6, 6.07) is 16.2. The number of piperidine rings is 1. The maximum absolute atomic E-state index is 13.0. The van der Waals surface area contributed by atoms with Crippen LogP contribution < -0.4 is 9.88 Å². The topological polar surface area (TPSA) is 36.2 Å². The van der Waals surface area contributed by atoms with E-state index in [1.807, 2.05) is 23.9 Å². The molecule has 2 heterocycles. The SMILES string of the molecule is C[n+]1cccc(CN2CCC(NC(=O)c3ccccc3-c3ccc(C(F)(F)F)cc3)CC2)c1. The van der Waals surface area contributed by atoms with E-state index in [4.69, 9.17) is 0 Å². The number of amides is 1. The average Bonchev–Trinajstić information content (AvgIpc) is 2.80. The van der Waals surface area contributed by atoms with Crippen LogP contribution in [0.2, 0.25) is 0 Å². The van der Waals surface area contributed by atoms with Gasteiger partial charge in [0.05, 0.1) is 5.56 Å². The van der Waals surface area contributed by atoms with Crippen molar-refractivity contribution in [3.63, 3.8) is 0 Å². The maximum atomic E-state index is 13.0. The van der Waals surface area contributed by atoms with Crippen LogP contribution in [0.15, 0.2) is 73.1 Å². The summed E-state index contributed by atoms with van der Waals surface area (Å²) in [5.74, 6) is -0.195. The number of alkyl halides is 3.